The number of rotatable bonds is 10. The van der Waals surface area contributed by atoms with Gasteiger partial charge in [-0.25, -0.2) is 8.42 Å². The lowest BCUT2D eigenvalue weighted by Crippen LogP contribution is -2.52. The van der Waals surface area contributed by atoms with Gasteiger partial charge in [0.15, 0.2) is 11.5 Å². The summed E-state index contributed by atoms with van der Waals surface area (Å²) in [7, 11) is -3.62. The summed E-state index contributed by atoms with van der Waals surface area (Å²) in [5.41, 5.74) is 0.794. The molecule has 2 aromatic rings. The molecule has 1 aliphatic heterocycles. The first-order valence-electron chi connectivity index (χ1n) is 12.0. The van der Waals surface area contributed by atoms with Crippen molar-refractivity contribution < 1.29 is 27.5 Å². The van der Waals surface area contributed by atoms with E-state index in [0.717, 1.165) is 11.8 Å². The van der Waals surface area contributed by atoms with Gasteiger partial charge in [0.1, 0.15) is 6.04 Å². The molecule has 0 fully saturated rings. The fourth-order valence-electron chi connectivity index (χ4n) is 3.89. The minimum Gasteiger partial charge on any atom is -0.454 e. The van der Waals surface area contributed by atoms with E-state index in [2.05, 4.69) is 5.32 Å². The zero-order chi connectivity index (χ0) is 27.4. The van der Waals surface area contributed by atoms with Crippen LogP contribution < -0.4 is 19.1 Å². The first-order valence-corrected chi connectivity index (χ1v) is 14.2. The lowest BCUT2D eigenvalue weighted by molar-refractivity contribution is -0.141. The average Bonchev–Trinajstić information content (AvgIpc) is 3.27. The number of ether oxygens (including phenoxy) is 2. The third kappa shape index (κ3) is 8.00. The third-order valence-corrected chi connectivity index (χ3v) is 7.17. The number of anilines is 1. The molecule has 9 nitrogen and oxygen atoms in total. The second-order valence-electron chi connectivity index (χ2n) is 10.0. The lowest BCUT2D eigenvalue weighted by Gasteiger charge is -2.32. The maximum Gasteiger partial charge on any atom is 0.242 e. The summed E-state index contributed by atoms with van der Waals surface area (Å²) in [6.07, 6.45) is 1.42. The van der Waals surface area contributed by atoms with E-state index in [1.54, 1.807) is 37.3 Å². The number of carbonyl (C=O) groups is 2. The van der Waals surface area contributed by atoms with Gasteiger partial charge in [0.25, 0.3) is 0 Å². The summed E-state index contributed by atoms with van der Waals surface area (Å²) < 4.78 is 37.0. The molecule has 1 aliphatic rings. The van der Waals surface area contributed by atoms with Crippen LogP contribution in [0.3, 0.4) is 0 Å². The molecule has 2 amide bonds. The first kappa shape index (κ1) is 28.6. The van der Waals surface area contributed by atoms with Gasteiger partial charge in [0.05, 0.1) is 11.9 Å². The molecule has 0 aromatic heterocycles. The zero-order valence-electron chi connectivity index (χ0n) is 21.8. The van der Waals surface area contributed by atoms with Crippen LogP contribution in [0.25, 0.3) is 0 Å². The Labute approximate surface area is 223 Å². The normalized spacial score (nSPS) is 13.7. The molecule has 0 aliphatic carbocycles. The predicted molar refractivity (Wildman–Crippen MR) is 143 cm³/mol. The van der Waals surface area contributed by atoms with E-state index in [1.165, 1.54) is 9.21 Å². The minimum absolute atomic E-state index is 0.0529. The van der Waals surface area contributed by atoms with E-state index in [1.807, 2.05) is 32.9 Å². The lowest BCUT2D eigenvalue weighted by atomic mass is 10.1. The summed E-state index contributed by atoms with van der Waals surface area (Å²) in [6.45, 7) is 7.69. The van der Waals surface area contributed by atoms with Gasteiger partial charge in [0, 0.05) is 36.1 Å². The second kappa shape index (κ2) is 11.6. The Morgan fingerprint density at radius 2 is 1.73 bits per heavy atom. The Morgan fingerprint density at radius 1 is 1.08 bits per heavy atom. The molecule has 1 N–H and O–H groups in total. The maximum atomic E-state index is 13.4. The number of nitrogens with zero attached hydrogens (tertiary/aromatic N) is 2. The summed E-state index contributed by atoms with van der Waals surface area (Å²) in [5.74, 6) is 0.487. The van der Waals surface area contributed by atoms with Gasteiger partial charge in [0.2, 0.25) is 28.6 Å². The molecule has 2 aromatic carbocycles. The third-order valence-electron chi connectivity index (χ3n) is 5.73. The number of carbonyl (C=O) groups excluding carboxylic acids is 2. The Balaban J connectivity index is 1.74. The molecule has 1 heterocycles. The molecule has 0 saturated heterocycles. The fraction of sp³-hybridized carbons (Fsp3) is 0.462. The Bertz CT molecular complexity index is 1230. The number of benzene rings is 2. The topological polar surface area (TPSA) is 105 Å². The smallest absolute Gasteiger partial charge is 0.242 e. The van der Waals surface area contributed by atoms with Gasteiger partial charge in [-0.05, 0) is 63.9 Å². The van der Waals surface area contributed by atoms with Crippen LogP contribution in [0.1, 0.15) is 46.1 Å². The van der Waals surface area contributed by atoms with Crippen molar-refractivity contribution in [2.24, 2.45) is 0 Å². The highest BCUT2D eigenvalue weighted by atomic mass is 35.5. The van der Waals surface area contributed by atoms with Crippen LogP contribution in [0.15, 0.2) is 42.5 Å². The molecular weight excluding hydrogens is 518 g/mol. The molecule has 1 unspecified atom stereocenters. The van der Waals surface area contributed by atoms with Crippen molar-refractivity contribution >= 4 is 39.1 Å². The molecule has 11 heteroatoms. The molecular formula is C26H34ClN3O6S. The summed E-state index contributed by atoms with van der Waals surface area (Å²) in [6, 6.07) is 11.2. The Hall–Kier alpha value is -2.98. The van der Waals surface area contributed by atoms with E-state index in [0.29, 0.717) is 22.2 Å². The van der Waals surface area contributed by atoms with Crippen LogP contribution in [0.2, 0.25) is 5.02 Å². The highest BCUT2D eigenvalue weighted by Crippen LogP contribution is 2.36. The molecule has 0 bridgehead atoms. The van der Waals surface area contributed by atoms with Crippen molar-refractivity contribution in [3.05, 3.63) is 53.1 Å². The van der Waals surface area contributed by atoms with Gasteiger partial charge >= 0.3 is 0 Å². The van der Waals surface area contributed by atoms with Crippen LogP contribution in [-0.2, 0) is 26.2 Å². The van der Waals surface area contributed by atoms with Crippen molar-refractivity contribution in [1.29, 1.82) is 0 Å². The Kier molecular flexibility index (Phi) is 8.96. The predicted octanol–water partition coefficient (Wildman–Crippen LogP) is 3.95. The molecule has 3 rings (SSSR count). The van der Waals surface area contributed by atoms with Crippen LogP contribution >= 0.6 is 11.6 Å². The number of nitrogens with one attached hydrogen (secondary N) is 1. The number of fused-ring (bicyclic) bond motifs is 1. The largest absolute Gasteiger partial charge is 0.454 e. The first-order chi connectivity index (χ1) is 17.2. The molecule has 0 radical (unpaired) electrons. The molecule has 1 atom stereocenters. The van der Waals surface area contributed by atoms with Crippen LogP contribution in [0.5, 0.6) is 11.5 Å². The van der Waals surface area contributed by atoms with Crippen molar-refractivity contribution in [1.82, 2.24) is 10.2 Å². The molecule has 0 saturated carbocycles. The van der Waals surface area contributed by atoms with E-state index in [4.69, 9.17) is 21.1 Å². The zero-order valence-corrected chi connectivity index (χ0v) is 23.4. The standard InChI is InChI=1S/C26H34ClN3O6S/c1-18(25(32)28-26(2,3)4)29(16-19-8-10-20(27)11-9-19)24(31)7-6-14-30(37(5,33)34)21-12-13-22-23(15-21)36-17-35-22/h8-13,15,18H,6-7,14,16-17H2,1-5H3,(H,28,32). The fourth-order valence-corrected chi connectivity index (χ4v) is 4.97. The van der Waals surface area contributed by atoms with E-state index < -0.39 is 21.6 Å². The van der Waals surface area contributed by atoms with E-state index in [-0.39, 0.29) is 44.5 Å². The number of amides is 2. The van der Waals surface area contributed by atoms with Crippen molar-refractivity contribution in [2.75, 3.05) is 23.9 Å². The quantitative estimate of drug-likeness (QED) is 0.479. The summed E-state index contributed by atoms with van der Waals surface area (Å²) in [5, 5.41) is 3.50. The molecule has 37 heavy (non-hydrogen) atoms. The van der Waals surface area contributed by atoms with Crippen molar-refractivity contribution in [2.45, 2.75) is 58.7 Å². The van der Waals surface area contributed by atoms with Gasteiger partial charge in [-0.3, -0.25) is 13.9 Å². The minimum atomic E-state index is -3.62. The summed E-state index contributed by atoms with van der Waals surface area (Å²) in [4.78, 5) is 27.8. The van der Waals surface area contributed by atoms with Gasteiger partial charge in [-0.2, -0.15) is 0 Å². The van der Waals surface area contributed by atoms with Gasteiger partial charge < -0.3 is 19.7 Å². The highest BCUT2D eigenvalue weighted by Gasteiger charge is 2.29. The number of halogens is 1. The van der Waals surface area contributed by atoms with Crippen molar-refractivity contribution in [3.8, 4) is 11.5 Å². The van der Waals surface area contributed by atoms with Gasteiger partial charge in [-0.15, -0.1) is 0 Å². The van der Waals surface area contributed by atoms with E-state index in [9.17, 15) is 18.0 Å². The van der Waals surface area contributed by atoms with Crippen LogP contribution in [0, 0.1) is 0 Å². The van der Waals surface area contributed by atoms with Crippen LogP contribution in [-0.4, -0.2) is 56.3 Å². The monoisotopic (exact) mass is 551 g/mol. The maximum absolute atomic E-state index is 13.4. The van der Waals surface area contributed by atoms with Gasteiger partial charge in [-0.1, -0.05) is 23.7 Å². The highest BCUT2D eigenvalue weighted by molar-refractivity contribution is 7.92. The molecule has 202 valence electrons. The average molecular weight is 552 g/mol. The second-order valence-corrected chi connectivity index (χ2v) is 12.4. The van der Waals surface area contributed by atoms with Crippen LogP contribution in [0.4, 0.5) is 5.69 Å². The number of hydrogen-bond acceptors (Lipinski definition) is 6. The van der Waals surface area contributed by atoms with Crippen molar-refractivity contribution in [3.63, 3.8) is 0 Å². The number of sulfonamides is 1. The van der Waals surface area contributed by atoms with E-state index >= 15 is 0 Å². The Morgan fingerprint density at radius 3 is 2.35 bits per heavy atom. The molecule has 0 spiro atoms. The number of hydrogen-bond donors (Lipinski definition) is 1. The SMILES string of the molecule is CC(C(=O)NC(C)(C)C)N(Cc1ccc(Cl)cc1)C(=O)CCCN(c1ccc2c(c1)OCO2)S(C)(=O)=O. The summed E-state index contributed by atoms with van der Waals surface area (Å²) >= 11 is 6.00.